The Hall–Kier alpha value is -3.37. The standard InChI is InChI=1S/C25H29F7N6O4/c1-41-12-17(37-10-18(25(30,31)32)35-21(37)39)14-6-19-34-16(9-38(19)33-8-14)20(13-2-4-23(26,27)5-3-13)36-22(40)42-11-15-7-24(15,28)29/h6,8-9,13,15,17-18,20H,2-5,7,10-12H2,1H3,(H,35,39)(H,36,40)/t15-,17-,18+,20+/m1/s1. The van der Waals surface area contributed by atoms with Gasteiger partial charge in [-0.15, -0.1) is 0 Å². The molecule has 17 heteroatoms. The lowest BCUT2D eigenvalue weighted by Crippen LogP contribution is -2.40. The number of hydrogen-bond donors (Lipinski definition) is 2. The Balaban J connectivity index is 1.38. The number of amides is 3. The lowest BCUT2D eigenvalue weighted by molar-refractivity contribution is -0.150. The van der Waals surface area contributed by atoms with Crippen molar-refractivity contribution in [2.24, 2.45) is 11.8 Å². The smallest absolute Gasteiger partial charge is 0.410 e. The number of carbonyl (C=O) groups excluding carboxylic acids is 2. The van der Waals surface area contributed by atoms with Crippen molar-refractivity contribution in [1.29, 1.82) is 0 Å². The third-order valence-corrected chi connectivity index (χ3v) is 7.97. The average Bonchev–Trinajstić information content (AvgIpc) is 3.20. The quantitative estimate of drug-likeness (QED) is 0.401. The number of alkyl carbamates (subject to hydrolysis) is 1. The van der Waals surface area contributed by atoms with Crippen LogP contribution in [-0.4, -0.2) is 82.6 Å². The molecule has 0 radical (unpaired) electrons. The number of halogens is 7. The van der Waals surface area contributed by atoms with Gasteiger partial charge in [-0.25, -0.2) is 36.7 Å². The first-order valence-corrected chi connectivity index (χ1v) is 13.3. The van der Waals surface area contributed by atoms with Gasteiger partial charge in [-0.05, 0) is 24.8 Å². The van der Waals surface area contributed by atoms with Crippen LogP contribution in [0.1, 0.15) is 55.4 Å². The number of rotatable bonds is 9. The summed E-state index contributed by atoms with van der Waals surface area (Å²) in [6.45, 7) is -1.28. The van der Waals surface area contributed by atoms with E-state index >= 15 is 0 Å². The Morgan fingerprint density at radius 2 is 1.93 bits per heavy atom. The molecule has 2 N–H and O–H groups in total. The summed E-state index contributed by atoms with van der Waals surface area (Å²) < 4.78 is 105. The highest BCUT2D eigenvalue weighted by Crippen LogP contribution is 2.48. The Labute approximate surface area is 234 Å². The summed E-state index contributed by atoms with van der Waals surface area (Å²) in [6, 6.07) is -3.34. The van der Waals surface area contributed by atoms with Crippen molar-refractivity contribution < 1.29 is 49.8 Å². The maximum Gasteiger partial charge on any atom is 0.410 e. The molecule has 2 aliphatic carbocycles. The zero-order valence-electron chi connectivity index (χ0n) is 22.3. The molecule has 0 aromatic carbocycles. The van der Waals surface area contributed by atoms with E-state index in [9.17, 15) is 40.3 Å². The van der Waals surface area contributed by atoms with E-state index in [1.165, 1.54) is 30.1 Å². The number of imidazole rings is 1. The fourth-order valence-electron chi connectivity index (χ4n) is 5.40. The summed E-state index contributed by atoms with van der Waals surface area (Å²) >= 11 is 0. The fourth-order valence-corrected chi connectivity index (χ4v) is 5.40. The molecule has 3 aliphatic rings. The van der Waals surface area contributed by atoms with Gasteiger partial charge < -0.3 is 25.0 Å². The van der Waals surface area contributed by atoms with Crippen LogP contribution in [0.15, 0.2) is 18.5 Å². The highest BCUT2D eigenvalue weighted by molar-refractivity contribution is 5.77. The van der Waals surface area contributed by atoms with Crippen LogP contribution in [0.4, 0.5) is 40.3 Å². The van der Waals surface area contributed by atoms with E-state index in [-0.39, 0.29) is 37.2 Å². The number of carbonyl (C=O) groups is 2. The number of hydrogen-bond acceptors (Lipinski definition) is 6. The number of nitrogens with zero attached hydrogens (tertiary/aromatic N) is 4. The van der Waals surface area contributed by atoms with Crippen LogP contribution >= 0.6 is 0 Å². The average molecular weight is 611 g/mol. The largest absolute Gasteiger partial charge is 0.449 e. The number of ether oxygens (including phenoxy) is 2. The van der Waals surface area contributed by atoms with Gasteiger partial charge in [0, 0.05) is 31.9 Å². The summed E-state index contributed by atoms with van der Waals surface area (Å²) in [4.78, 5) is 30.4. The minimum Gasteiger partial charge on any atom is -0.449 e. The summed E-state index contributed by atoms with van der Waals surface area (Å²) in [5, 5.41) is 8.75. The number of nitrogens with one attached hydrogen (secondary N) is 2. The van der Waals surface area contributed by atoms with Crippen molar-refractivity contribution >= 4 is 17.8 Å². The summed E-state index contributed by atoms with van der Waals surface area (Å²) in [5.41, 5.74) is 0.767. The molecule has 0 bridgehead atoms. The second-order valence-electron chi connectivity index (χ2n) is 11.0. The molecule has 4 atom stereocenters. The molecule has 2 aromatic rings. The number of aromatic nitrogens is 3. The molecule has 0 unspecified atom stereocenters. The van der Waals surface area contributed by atoms with Crippen LogP contribution in [0.25, 0.3) is 5.65 Å². The summed E-state index contributed by atoms with van der Waals surface area (Å²) in [6.07, 6.45) is -3.96. The van der Waals surface area contributed by atoms with Gasteiger partial charge >= 0.3 is 18.3 Å². The van der Waals surface area contributed by atoms with E-state index in [1.54, 1.807) is 0 Å². The van der Waals surface area contributed by atoms with E-state index < -0.39 is 86.1 Å². The molecule has 0 spiro atoms. The molecule has 42 heavy (non-hydrogen) atoms. The van der Waals surface area contributed by atoms with Crippen LogP contribution in [0.3, 0.4) is 0 Å². The lowest BCUT2D eigenvalue weighted by atomic mass is 9.81. The minimum absolute atomic E-state index is 0.0472. The van der Waals surface area contributed by atoms with Crippen LogP contribution in [0.5, 0.6) is 0 Å². The zero-order chi connectivity index (χ0) is 30.4. The van der Waals surface area contributed by atoms with Gasteiger partial charge in [0.05, 0.1) is 49.2 Å². The SMILES string of the molecule is COC[C@H](c1cnn2cc([C@@H](NC(=O)OC[C@H]3CC3(F)F)C3CCC(F)(F)CC3)nc2c1)N1C[C@@H](C(F)(F)F)NC1=O. The second kappa shape index (κ2) is 11.0. The highest BCUT2D eigenvalue weighted by atomic mass is 19.4. The van der Waals surface area contributed by atoms with Gasteiger partial charge in [0.15, 0.2) is 5.65 Å². The molecule has 1 saturated heterocycles. The number of alkyl halides is 7. The van der Waals surface area contributed by atoms with Crippen LogP contribution < -0.4 is 10.6 Å². The summed E-state index contributed by atoms with van der Waals surface area (Å²) in [5.74, 6) is -7.28. The van der Waals surface area contributed by atoms with Crippen molar-refractivity contribution in [1.82, 2.24) is 30.1 Å². The van der Waals surface area contributed by atoms with Crippen molar-refractivity contribution in [3.8, 4) is 0 Å². The molecule has 10 nitrogen and oxygen atoms in total. The van der Waals surface area contributed by atoms with Crippen LogP contribution in [0.2, 0.25) is 0 Å². The number of urea groups is 1. The molecule has 2 saturated carbocycles. The first-order chi connectivity index (χ1) is 19.7. The van der Waals surface area contributed by atoms with Gasteiger partial charge in [-0.1, -0.05) is 0 Å². The Kier molecular flexibility index (Phi) is 7.91. The second-order valence-corrected chi connectivity index (χ2v) is 11.0. The number of methoxy groups -OCH3 is 1. The lowest BCUT2D eigenvalue weighted by Gasteiger charge is -2.33. The molecule has 2 aromatic heterocycles. The minimum atomic E-state index is -4.64. The number of fused-ring (bicyclic) bond motifs is 1. The summed E-state index contributed by atoms with van der Waals surface area (Å²) in [7, 11) is 1.33. The molecular formula is C25H29F7N6O4. The Morgan fingerprint density at radius 1 is 1.24 bits per heavy atom. The molecule has 3 heterocycles. The van der Waals surface area contributed by atoms with Gasteiger partial charge in [-0.2, -0.15) is 18.3 Å². The maximum atomic E-state index is 13.9. The predicted molar refractivity (Wildman–Crippen MR) is 130 cm³/mol. The third-order valence-electron chi connectivity index (χ3n) is 7.97. The molecular weight excluding hydrogens is 581 g/mol. The Bertz CT molecular complexity index is 1310. The van der Waals surface area contributed by atoms with E-state index in [2.05, 4.69) is 15.4 Å². The van der Waals surface area contributed by atoms with Crippen molar-refractivity contribution in [3.63, 3.8) is 0 Å². The van der Waals surface area contributed by atoms with E-state index in [4.69, 9.17) is 9.47 Å². The molecule has 1 aliphatic heterocycles. The maximum absolute atomic E-state index is 13.9. The normalized spacial score (nSPS) is 25.2. The molecule has 5 rings (SSSR count). The van der Waals surface area contributed by atoms with E-state index in [0.29, 0.717) is 5.56 Å². The first kappa shape index (κ1) is 30.1. The van der Waals surface area contributed by atoms with Crippen molar-refractivity contribution in [3.05, 3.63) is 29.7 Å². The molecule has 3 amide bonds. The Morgan fingerprint density at radius 3 is 2.52 bits per heavy atom. The molecule has 232 valence electrons. The first-order valence-electron chi connectivity index (χ1n) is 13.3. The van der Waals surface area contributed by atoms with E-state index in [0.717, 1.165) is 4.90 Å². The van der Waals surface area contributed by atoms with E-state index in [1.807, 2.05) is 5.32 Å². The molecule has 3 fully saturated rings. The predicted octanol–water partition coefficient (Wildman–Crippen LogP) is 4.62. The third kappa shape index (κ3) is 6.49. The van der Waals surface area contributed by atoms with Gasteiger partial charge in [0.2, 0.25) is 5.92 Å². The van der Waals surface area contributed by atoms with Crippen LogP contribution in [-0.2, 0) is 9.47 Å². The topological polar surface area (TPSA) is 110 Å². The highest BCUT2D eigenvalue weighted by Gasteiger charge is 2.57. The monoisotopic (exact) mass is 610 g/mol. The van der Waals surface area contributed by atoms with Crippen molar-refractivity contribution in [2.75, 3.05) is 26.9 Å². The van der Waals surface area contributed by atoms with Crippen LogP contribution in [0, 0.1) is 11.8 Å². The van der Waals surface area contributed by atoms with Crippen molar-refractivity contribution in [2.45, 2.75) is 68.3 Å². The van der Waals surface area contributed by atoms with Gasteiger partial charge in [0.1, 0.15) is 12.6 Å². The fraction of sp³-hybridized carbons (Fsp3) is 0.680. The van der Waals surface area contributed by atoms with Gasteiger partial charge in [0.25, 0.3) is 5.92 Å². The van der Waals surface area contributed by atoms with Gasteiger partial charge in [-0.3, -0.25) is 0 Å². The zero-order valence-corrected chi connectivity index (χ0v) is 22.3.